The van der Waals surface area contributed by atoms with Crippen LogP contribution in [0.1, 0.15) is 0 Å². The lowest BCUT2D eigenvalue weighted by Gasteiger charge is -2.05. The summed E-state index contributed by atoms with van der Waals surface area (Å²) in [6, 6.07) is 0. The van der Waals surface area contributed by atoms with Crippen LogP contribution in [0.2, 0.25) is 0 Å². The van der Waals surface area contributed by atoms with E-state index in [9.17, 15) is 4.79 Å². The topological polar surface area (TPSA) is 58.6 Å². The first-order valence-electron chi connectivity index (χ1n) is 4.61. The maximum absolute atomic E-state index is 11.1. The Bertz CT molecular complexity index is 327. The van der Waals surface area contributed by atoms with Crippen LogP contribution in [0, 0.1) is 0 Å². The van der Waals surface area contributed by atoms with Gasteiger partial charge in [-0.2, -0.15) is 0 Å². The predicted molar refractivity (Wildman–Crippen MR) is 57.1 cm³/mol. The minimum atomic E-state index is -0.571. The second kappa shape index (κ2) is 6.62. The average Bonchev–Trinajstić information content (AvgIpc) is 2.19. The number of carbonyl (C=O) groups is 1. The molecule has 0 aliphatic heterocycles. The Kier molecular flexibility index (Phi) is 4.97. The van der Waals surface area contributed by atoms with E-state index in [1.54, 1.807) is 24.3 Å². The van der Waals surface area contributed by atoms with Crippen molar-refractivity contribution in [3.8, 4) is 0 Å². The number of amides is 1. The van der Waals surface area contributed by atoms with Crippen LogP contribution in [-0.2, 0) is 4.74 Å². The predicted octanol–water partition coefficient (Wildman–Crippen LogP) is 1.27. The second-order valence-electron chi connectivity index (χ2n) is 2.74. The van der Waals surface area contributed by atoms with Gasteiger partial charge < -0.3 is 15.2 Å². The van der Waals surface area contributed by atoms with E-state index in [4.69, 9.17) is 9.84 Å². The summed E-state index contributed by atoms with van der Waals surface area (Å²) >= 11 is 0. The Labute approximate surface area is 88.2 Å². The highest BCUT2D eigenvalue weighted by molar-refractivity contribution is 5.68. The Morgan fingerprint density at radius 1 is 1.27 bits per heavy atom. The molecule has 0 radical (unpaired) electrons. The molecule has 0 bridgehead atoms. The molecule has 0 fully saturated rings. The van der Waals surface area contributed by atoms with Crippen molar-refractivity contribution in [2.45, 2.75) is 0 Å². The maximum Gasteiger partial charge on any atom is 0.412 e. The molecule has 4 nitrogen and oxygen atoms in total. The van der Waals surface area contributed by atoms with Crippen LogP contribution in [0.5, 0.6) is 0 Å². The first-order valence-corrected chi connectivity index (χ1v) is 4.61. The fourth-order valence-corrected chi connectivity index (χ4v) is 0.918. The number of carbonyl (C=O) groups excluding carboxylic acids is 1. The number of hydrogen-bond acceptors (Lipinski definition) is 3. The smallest absolute Gasteiger partial charge is 0.410 e. The normalized spacial score (nSPS) is 23.9. The second-order valence-corrected chi connectivity index (χ2v) is 2.74. The van der Waals surface area contributed by atoms with Gasteiger partial charge in [-0.1, -0.05) is 30.4 Å². The van der Waals surface area contributed by atoms with Crippen molar-refractivity contribution < 1.29 is 14.6 Å². The van der Waals surface area contributed by atoms with Crippen molar-refractivity contribution in [2.75, 3.05) is 13.2 Å². The largest absolute Gasteiger partial charge is 0.412 e. The Morgan fingerprint density at radius 2 is 2.00 bits per heavy atom. The van der Waals surface area contributed by atoms with Gasteiger partial charge >= 0.3 is 6.09 Å². The lowest BCUT2D eigenvalue weighted by atomic mass is 10.3. The number of nitrogens with one attached hydrogen (secondary N) is 1. The summed E-state index contributed by atoms with van der Waals surface area (Å²) in [6.45, 7) is 0.0815. The van der Waals surface area contributed by atoms with E-state index in [1.807, 2.05) is 18.2 Å². The fourth-order valence-electron chi connectivity index (χ4n) is 0.918. The number of rotatable bonds is 3. The van der Waals surface area contributed by atoms with Crippen molar-refractivity contribution in [1.29, 1.82) is 0 Å². The molecule has 0 atom stereocenters. The first-order chi connectivity index (χ1) is 7.33. The SMILES string of the molecule is O=C(NCCO)OC1=C\C=C/C=C/C=C\1. The lowest BCUT2D eigenvalue weighted by Crippen LogP contribution is -2.26. The zero-order chi connectivity index (χ0) is 10.9. The molecule has 0 heterocycles. The Hall–Kier alpha value is -1.81. The molecule has 1 aliphatic carbocycles. The van der Waals surface area contributed by atoms with Crippen LogP contribution < -0.4 is 5.32 Å². The summed E-state index contributed by atoms with van der Waals surface area (Å²) in [5.41, 5.74) is 0. The highest BCUT2D eigenvalue weighted by Crippen LogP contribution is 2.03. The molecule has 0 saturated carbocycles. The van der Waals surface area contributed by atoms with Gasteiger partial charge in [0.1, 0.15) is 5.76 Å². The molecule has 1 rings (SSSR count). The van der Waals surface area contributed by atoms with Gasteiger partial charge in [-0.25, -0.2) is 4.79 Å². The molecule has 4 heteroatoms. The first kappa shape index (κ1) is 11.3. The van der Waals surface area contributed by atoms with Crippen LogP contribution in [0.15, 0.2) is 48.3 Å². The standard InChI is InChI=1S/C11H13NO3/c13-9-8-12-11(14)15-10-6-4-2-1-3-5-7-10/h1-7,13H,8-9H2,(H,12,14)/b2-1+,3-1?,4-2?,5-3-,6-4-,7-5?,10-6?,10-7-. The third-order valence-corrected chi connectivity index (χ3v) is 1.56. The molecule has 0 aromatic rings. The summed E-state index contributed by atoms with van der Waals surface area (Å²) in [5, 5.41) is 10.9. The molecule has 2 N–H and O–H groups in total. The molecule has 1 aliphatic rings. The zero-order valence-corrected chi connectivity index (χ0v) is 8.22. The number of alkyl carbamates (subject to hydrolysis) is 1. The molecule has 0 aromatic carbocycles. The molecular weight excluding hydrogens is 194 g/mol. The number of ether oxygens (including phenoxy) is 1. The molecule has 0 saturated heterocycles. The summed E-state index contributed by atoms with van der Waals surface area (Å²) in [5.74, 6) is 0.450. The number of hydrogen-bond donors (Lipinski definition) is 2. The van der Waals surface area contributed by atoms with E-state index < -0.39 is 6.09 Å². The van der Waals surface area contributed by atoms with Crippen LogP contribution in [-0.4, -0.2) is 24.4 Å². The van der Waals surface area contributed by atoms with Crippen molar-refractivity contribution in [1.82, 2.24) is 5.32 Å². The fraction of sp³-hybridized carbons (Fsp3) is 0.182. The minimum absolute atomic E-state index is 0.105. The molecule has 80 valence electrons. The molecular formula is C11H13NO3. The van der Waals surface area contributed by atoms with Crippen molar-refractivity contribution in [2.24, 2.45) is 0 Å². The minimum Gasteiger partial charge on any atom is -0.410 e. The monoisotopic (exact) mass is 207 g/mol. The van der Waals surface area contributed by atoms with Crippen molar-refractivity contribution in [3.63, 3.8) is 0 Å². The van der Waals surface area contributed by atoms with Gasteiger partial charge in [-0.05, 0) is 12.2 Å². The number of aliphatic hydroxyl groups excluding tert-OH is 1. The van der Waals surface area contributed by atoms with Crippen LogP contribution in [0.25, 0.3) is 0 Å². The summed E-state index contributed by atoms with van der Waals surface area (Å²) in [4.78, 5) is 11.1. The van der Waals surface area contributed by atoms with Crippen molar-refractivity contribution >= 4 is 6.09 Å². The number of aliphatic hydroxyl groups is 1. The Morgan fingerprint density at radius 3 is 2.80 bits per heavy atom. The van der Waals surface area contributed by atoms with Crippen LogP contribution in [0.3, 0.4) is 0 Å². The van der Waals surface area contributed by atoms with Gasteiger partial charge in [0.2, 0.25) is 0 Å². The lowest BCUT2D eigenvalue weighted by molar-refractivity contribution is 0.175. The zero-order valence-electron chi connectivity index (χ0n) is 8.22. The quantitative estimate of drug-likeness (QED) is 0.732. The van der Waals surface area contributed by atoms with E-state index in [1.165, 1.54) is 0 Å². The van der Waals surface area contributed by atoms with Gasteiger partial charge in [0.05, 0.1) is 6.61 Å². The molecule has 15 heavy (non-hydrogen) atoms. The summed E-state index contributed by atoms with van der Waals surface area (Å²) < 4.78 is 4.96. The highest BCUT2D eigenvalue weighted by atomic mass is 16.6. The molecule has 0 aromatic heterocycles. The van der Waals surface area contributed by atoms with E-state index >= 15 is 0 Å². The number of allylic oxidation sites excluding steroid dienone is 7. The van der Waals surface area contributed by atoms with Gasteiger partial charge in [-0.3, -0.25) is 0 Å². The van der Waals surface area contributed by atoms with Crippen LogP contribution >= 0.6 is 0 Å². The third kappa shape index (κ3) is 4.83. The summed E-state index contributed by atoms with van der Waals surface area (Å²) in [7, 11) is 0. The molecule has 0 spiro atoms. The van der Waals surface area contributed by atoms with Crippen molar-refractivity contribution in [3.05, 3.63) is 48.3 Å². The van der Waals surface area contributed by atoms with E-state index in [2.05, 4.69) is 5.32 Å². The molecule has 1 amide bonds. The van der Waals surface area contributed by atoms with Gasteiger partial charge in [0, 0.05) is 6.54 Å². The highest BCUT2D eigenvalue weighted by Gasteiger charge is 2.02. The van der Waals surface area contributed by atoms with Gasteiger partial charge in [0.25, 0.3) is 0 Å². The third-order valence-electron chi connectivity index (χ3n) is 1.56. The van der Waals surface area contributed by atoms with E-state index in [0.717, 1.165) is 0 Å². The van der Waals surface area contributed by atoms with Gasteiger partial charge in [0.15, 0.2) is 0 Å². The molecule has 0 unspecified atom stereocenters. The average molecular weight is 207 g/mol. The van der Waals surface area contributed by atoms with Crippen LogP contribution in [0.4, 0.5) is 4.79 Å². The Balaban J connectivity index is 2.46. The maximum atomic E-state index is 11.1. The van der Waals surface area contributed by atoms with E-state index in [-0.39, 0.29) is 13.2 Å². The summed E-state index contributed by atoms with van der Waals surface area (Å²) in [6.07, 6.45) is 11.9. The van der Waals surface area contributed by atoms with E-state index in [0.29, 0.717) is 5.76 Å². The van der Waals surface area contributed by atoms with Gasteiger partial charge in [-0.15, -0.1) is 0 Å².